The van der Waals surface area contributed by atoms with Gasteiger partial charge in [-0.15, -0.1) is 0 Å². The van der Waals surface area contributed by atoms with Gasteiger partial charge in [-0.05, 0) is 18.1 Å². The van der Waals surface area contributed by atoms with Gasteiger partial charge in [0.2, 0.25) is 0 Å². The van der Waals surface area contributed by atoms with Crippen LogP contribution in [-0.2, 0) is 0 Å². The summed E-state index contributed by atoms with van der Waals surface area (Å²) in [6.07, 6.45) is 8.36. The van der Waals surface area contributed by atoms with Gasteiger partial charge in [0.15, 0.2) is 0 Å². The predicted molar refractivity (Wildman–Crippen MR) is 41.3 cm³/mol. The number of rotatable bonds is 0. The molecule has 0 saturated heterocycles. The average molecular weight is 135 g/mol. The second-order valence-electron chi connectivity index (χ2n) is 2.05. The molecule has 1 rings (SSSR count). The van der Waals surface area contributed by atoms with Gasteiger partial charge in [0.1, 0.15) is 5.71 Å². The second-order valence-corrected chi connectivity index (χ2v) is 2.05. The maximum atomic E-state index is 8.43. The highest BCUT2D eigenvalue weighted by Crippen LogP contribution is 2.05. The summed E-state index contributed by atoms with van der Waals surface area (Å²) in [5.41, 5.74) is 1.28. The van der Waals surface area contributed by atoms with Crippen molar-refractivity contribution >= 4 is 5.71 Å². The third-order valence-corrected chi connectivity index (χ3v) is 1.30. The third-order valence-electron chi connectivity index (χ3n) is 1.30. The minimum Gasteiger partial charge on any atom is -0.410 e. The van der Waals surface area contributed by atoms with Crippen molar-refractivity contribution in [2.24, 2.45) is 5.16 Å². The molecule has 0 heterocycles. The summed E-state index contributed by atoms with van der Waals surface area (Å²) in [4.78, 5) is 0. The van der Waals surface area contributed by atoms with E-state index in [4.69, 9.17) is 5.21 Å². The van der Waals surface area contributed by atoms with E-state index in [0.29, 0.717) is 5.71 Å². The molecule has 0 fully saturated rings. The minimum atomic E-state index is 0.536. The summed E-state index contributed by atoms with van der Waals surface area (Å²) < 4.78 is 0. The van der Waals surface area contributed by atoms with Crippen LogP contribution in [-0.4, -0.2) is 10.9 Å². The van der Waals surface area contributed by atoms with Crippen LogP contribution in [0.1, 0.15) is 6.42 Å². The summed E-state index contributed by atoms with van der Waals surface area (Å²) in [7, 11) is 0. The Balaban J connectivity index is 2.91. The van der Waals surface area contributed by atoms with Crippen molar-refractivity contribution in [2.75, 3.05) is 0 Å². The molecule has 0 radical (unpaired) electrons. The van der Waals surface area contributed by atoms with E-state index >= 15 is 0 Å². The highest BCUT2D eigenvalue weighted by atomic mass is 16.4. The molecule has 0 saturated carbocycles. The van der Waals surface area contributed by atoms with E-state index in [0.717, 1.165) is 12.0 Å². The fraction of sp³-hybridized carbons (Fsp3) is 0.125. The largest absolute Gasteiger partial charge is 0.410 e. The third kappa shape index (κ3) is 1.35. The number of allylic oxidation sites excluding steroid dienone is 5. The lowest BCUT2D eigenvalue weighted by atomic mass is 10.2. The first-order valence-corrected chi connectivity index (χ1v) is 3.09. The van der Waals surface area contributed by atoms with Crippen LogP contribution >= 0.6 is 0 Å². The summed E-state index contributed by atoms with van der Waals surface area (Å²) in [6.45, 7) is 3.70. The average Bonchev–Trinajstić information content (AvgIpc) is 2.13. The summed E-state index contributed by atoms with van der Waals surface area (Å²) >= 11 is 0. The summed E-state index contributed by atoms with van der Waals surface area (Å²) in [5, 5.41) is 11.5. The van der Waals surface area contributed by atoms with Gasteiger partial charge in [-0.2, -0.15) is 0 Å². The van der Waals surface area contributed by atoms with Crippen LogP contribution in [0.4, 0.5) is 0 Å². The Morgan fingerprint density at radius 2 is 2.10 bits per heavy atom. The lowest BCUT2D eigenvalue weighted by Crippen LogP contribution is -1.93. The van der Waals surface area contributed by atoms with E-state index in [1.165, 1.54) is 0 Å². The Morgan fingerprint density at radius 3 is 2.80 bits per heavy atom. The summed E-state index contributed by atoms with van der Waals surface area (Å²) in [5.74, 6) is 0. The first-order valence-electron chi connectivity index (χ1n) is 3.09. The molecule has 1 aliphatic rings. The molecule has 2 nitrogen and oxygen atoms in total. The van der Waals surface area contributed by atoms with Crippen molar-refractivity contribution in [1.29, 1.82) is 0 Å². The van der Waals surface area contributed by atoms with E-state index in [9.17, 15) is 0 Å². The molecule has 0 unspecified atom stereocenters. The van der Waals surface area contributed by atoms with Gasteiger partial charge in [-0.25, -0.2) is 0 Å². The lowest BCUT2D eigenvalue weighted by molar-refractivity contribution is 0.320. The zero-order valence-corrected chi connectivity index (χ0v) is 5.62. The Kier molecular flexibility index (Phi) is 2.05. The maximum absolute atomic E-state index is 8.43. The molecule has 1 N–H and O–H groups in total. The quantitative estimate of drug-likeness (QED) is 0.399. The fourth-order valence-electron chi connectivity index (χ4n) is 0.759. The van der Waals surface area contributed by atoms with Gasteiger partial charge in [0.25, 0.3) is 0 Å². The zero-order chi connectivity index (χ0) is 7.40. The van der Waals surface area contributed by atoms with Crippen LogP contribution < -0.4 is 0 Å². The van der Waals surface area contributed by atoms with Crippen LogP contribution in [0.3, 0.4) is 0 Å². The Labute approximate surface area is 59.9 Å². The first-order chi connectivity index (χ1) is 4.84. The molecular weight excluding hydrogens is 126 g/mol. The van der Waals surface area contributed by atoms with Gasteiger partial charge in [-0.1, -0.05) is 30.0 Å². The van der Waals surface area contributed by atoms with Gasteiger partial charge in [0.05, 0.1) is 0 Å². The molecule has 0 amide bonds. The molecule has 0 aromatic rings. The molecule has 0 aromatic carbocycles. The molecule has 0 aromatic heterocycles. The Morgan fingerprint density at radius 1 is 1.40 bits per heavy atom. The number of hydrogen-bond donors (Lipinski definition) is 1. The van der Waals surface area contributed by atoms with Gasteiger partial charge in [0, 0.05) is 0 Å². The van der Waals surface area contributed by atoms with E-state index in [1.54, 1.807) is 6.08 Å². The highest BCUT2D eigenvalue weighted by molar-refractivity contribution is 6.09. The maximum Gasteiger partial charge on any atom is 0.108 e. The lowest BCUT2D eigenvalue weighted by Gasteiger charge is -1.92. The topological polar surface area (TPSA) is 32.6 Å². The summed E-state index contributed by atoms with van der Waals surface area (Å²) in [6, 6.07) is 0. The second kappa shape index (κ2) is 3.01. The van der Waals surface area contributed by atoms with E-state index < -0.39 is 0 Å². The van der Waals surface area contributed by atoms with Crippen LogP contribution in [0.5, 0.6) is 0 Å². The predicted octanol–water partition coefficient (Wildman–Crippen LogP) is 1.89. The number of oxime groups is 1. The van der Waals surface area contributed by atoms with Crippen LogP contribution in [0.15, 0.2) is 41.6 Å². The van der Waals surface area contributed by atoms with Crippen molar-refractivity contribution in [3.05, 3.63) is 36.5 Å². The van der Waals surface area contributed by atoms with E-state index in [-0.39, 0.29) is 0 Å². The van der Waals surface area contributed by atoms with Gasteiger partial charge < -0.3 is 5.21 Å². The van der Waals surface area contributed by atoms with E-state index in [1.807, 2.05) is 18.2 Å². The van der Waals surface area contributed by atoms with Crippen LogP contribution in [0.2, 0.25) is 0 Å². The molecule has 0 spiro atoms. The molecular formula is C8H9NO. The highest BCUT2D eigenvalue weighted by Gasteiger charge is 1.98. The van der Waals surface area contributed by atoms with Crippen molar-refractivity contribution < 1.29 is 5.21 Å². The van der Waals surface area contributed by atoms with Crippen molar-refractivity contribution in [3.8, 4) is 0 Å². The minimum absolute atomic E-state index is 0.536. The molecule has 52 valence electrons. The molecule has 1 aliphatic carbocycles. The Bertz CT molecular complexity index is 223. The molecule has 0 aliphatic heterocycles. The first kappa shape index (κ1) is 6.81. The van der Waals surface area contributed by atoms with Gasteiger partial charge >= 0.3 is 0 Å². The molecule has 2 heteroatoms. The number of nitrogens with zero attached hydrogens (tertiary/aromatic N) is 1. The van der Waals surface area contributed by atoms with Crippen LogP contribution in [0.25, 0.3) is 0 Å². The molecule has 0 atom stereocenters. The molecule has 0 bridgehead atoms. The normalized spacial score (nSPS) is 21.6. The van der Waals surface area contributed by atoms with Crippen molar-refractivity contribution in [1.82, 2.24) is 0 Å². The SMILES string of the molecule is C=C1C=CCC=C/C1=N/O. The number of hydrogen-bond acceptors (Lipinski definition) is 2. The molecule has 10 heavy (non-hydrogen) atoms. The zero-order valence-electron chi connectivity index (χ0n) is 5.62. The monoisotopic (exact) mass is 135 g/mol. The smallest absolute Gasteiger partial charge is 0.108 e. The fourth-order valence-corrected chi connectivity index (χ4v) is 0.759. The Hall–Kier alpha value is -1.31. The van der Waals surface area contributed by atoms with Crippen molar-refractivity contribution in [2.45, 2.75) is 6.42 Å². The van der Waals surface area contributed by atoms with Gasteiger partial charge in [-0.3, -0.25) is 0 Å². The van der Waals surface area contributed by atoms with Crippen LogP contribution in [0, 0.1) is 0 Å². The van der Waals surface area contributed by atoms with E-state index in [2.05, 4.69) is 11.7 Å². The van der Waals surface area contributed by atoms with Crippen molar-refractivity contribution in [3.63, 3.8) is 0 Å². The standard InChI is InChI=1S/C8H9NO/c1-7-5-3-2-4-6-8(7)9-10/h3-6,10H,1-2H2/b9-8-.